The monoisotopic (exact) mass is 206 g/mol. The van der Waals surface area contributed by atoms with E-state index in [2.05, 4.69) is 0 Å². The van der Waals surface area contributed by atoms with Crippen LogP contribution < -0.4 is 10.5 Å². The zero-order chi connectivity index (χ0) is 11.4. The fraction of sp³-hybridized carbons (Fsp3) is 0.364. The predicted molar refractivity (Wildman–Crippen MR) is 56.6 cm³/mol. The van der Waals surface area contributed by atoms with Gasteiger partial charge in [0.1, 0.15) is 0 Å². The zero-order valence-corrected chi connectivity index (χ0v) is 8.82. The average Bonchev–Trinajstić information content (AvgIpc) is 2.28. The molecule has 0 amide bonds. The van der Waals surface area contributed by atoms with Crippen LogP contribution in [-0.2, 0) is 0 Å². The summed E-state index contributed by atoms with van der Waals surface area (Å²) in [6.45, 7) is 1.91. The third-order valence-electron chi connectivity index (χ3n) is 2.29. The lowest BCUT2D eigenvalue weighted by Crippen LogP contribution is -2.09. The topological polar surface area (TPSA) is 79.3 Å². The molecule has 4 heteroatoms. The Bertz CT molecular complexity index is 396. The van der Waals surface area contributed by atoms with E-state index in [1.807, 2.05) is 13.0 Å². The van der Waals surface area contributed by atoms with E-state index in [4.69, 9.17) is 15.7 Å². The first-order chi connectivity index (χ1) is 7.13. The van der Waals surface area contributed by atoms with Crippen molar-refractivity contribution in [3.05, 3.63) is 23.3 Å². The highest BCUT2D eigenvalue weighted by molar-refractivity contribution is 5.52. The lowest BCUT2D eigenvalue weighted by molar-refractivity contribution is 0.368. The highest BCUT2D eigenvalue weighted by Crippen LogP contribution is 2.35. The second-order valence-electron chi connectivity index (χ2n) is 3.24. The summed E-state index contributed by atoms with van der Waals surface area (Å²) >= 11 is 0. The first-order valence-corrected chi connectivity index (χ1v) is 4.70. The van der Waals surface area contributed by atoms with E-state index < -0.39 is 0 Å². The Morgan fingerprint density at radius 2 is 2.27 bits per heavy atom. The number of nitriles is 1. The Labute approximate surface area is 88.9 Å². The van der Waals surface area contributed by atoms with Gasteiger partial charge in [-0.2, -0.15) is 5.26 Å². The van der Waals surface area contributed by atoms with Crippen LogP contribution in [0.1, 0.15) is 30.5 Å². The Kier molecular flexibility index (Phi) is 3.53. The summed E-state index contributed by atoms with van der Waals surface area (Å²) < 4.78 is 4.97. The highest BCUT2D eigenvalue weighted by atomic mass is 16.5. The Hall–Kier alpha value is -1.73. The molecular weight excluding hydrogens is 192 g/mol. The van der Waals surface area contributed by atoms with Crippen LogP contribution in [0.4, 0.5) is 0 Å². The minimum absolute atomic E-state index is 0.0193. The minimum Gasteiger partial charge on any atom is -0.504 e. The third-order valence-corrected chi connectivity index (χ3v) is 2.29. The molecule has 0 aromatic heterocycles. The molecule has 1 atom stereocenters. The molecule has 0 heterocycles. The van der Waals surface area contributed by atoms with Gasteiger partial charge in [0.2, 0.25) is 0 Å². The van der Waals surface area contributed by atoms with E-state index in [1.165, 1.54) is 13.2 Å². The number of ether oxygens (including phenoxy) is 1. The van der Waals surface area contributed by atoms with Crippen LogP contribution in [0.5, 0.6) is 11.5 Å². The molecule has 3 N–H and O–H groups in total. The van der Waals surface area contributed by atoms with Crippen molar-refractivity contribution in [3.63, 3.8) is 0 Å². The van der Waals surface area contributed by atoms with Crippen LogP contribution in [0.2, 0.25) is 0 Å². The molecule has 15 heavy (non-hydrogen) atoms. The zero-order valence-electron chi connectivity index (χ0n) is 8.82. The maximum Gasteiger partial charge on any atom is 0.162 e. The number of nitrogens with zero attached hydrogens (tertiary/aromatic N) is 1. The molecule has 1 aromatic rings. The van der Waals surface area contributed by atoms with E-state index in [0.717, 1.165) is 0 Å². The summed E-state index contributed by atoms with van der Waals surface area (Å²) in [5, 5.41) is 18.6. The summed E-state index contributed by atoms with van der Waals surface area (Å²) in [7, 11) is 1.44. The van der Waals surface area contributed by atoms with E-state index in [1.54, 1.807) is 6.07 Å². The first-order valence-electron chi connectivity index (χ1n) is 4.70. The molecular formula is C11H14N2O2. The van der Waals surface area contributed by atoms with Gasteiger partial charge in [-0.25, -0.2) is 0 Å². The smallest absolute Gasteiger partial charge is 0.162 e. The van der Waals surface area contributed by atoms with Gasteiger partial charge in [-0.15, -0.1) is 0 Å². The van der Waals surface area contributed by atoms with Crippen LogP contribution in [0.3, 0.4) is 0 Å². The molecule has 0 radical (unpaired) electrons. The molecule has 0 bridgehead atoms. The molecule has 1 aromatic carbocycles. The summed E-state index contributed by atoms with van der Waals surface area (Å²) in [4.78, 5) is 0. The highest BCUT2D eigenvalue weighted by Gasteiger charge is 2.15. The fourth-order valence-corrected chi connectivity index (χ4v) is 1.35. The molecule has 0 aliphatic heterocycles. The summed E-state index contributed by atoms with van der Waals surface area (Å²) in [6.07, 6.45) is 0.686. The SMILES string of the molecule is CC[C@@H](N)c1cc(C#N)cc(OC)c1O. The number of methoxy groups -OCH3 is 1. The van der Waals surface area contributed by atoms with Crippen molar-refractivity contribution in [2.45, 2.75) is 19.4 Å². The number of hydrogen-bond acceptors (Lipinski definition) is 4. The van der Waals surface area contributed by atoms with E-state index >= 15 is 0 Å². The molecule has 4 nitrogen and oxygen atoms in total. The fourth-order valence-electron chi connectivity index (χ4n) is 1.35. The van der Waals surface area contributed by atoms with Crippen molar-refractivity contribution < 1.29 is 9.84 Å². The first kappa shape index (κ1) is 11.3. The van der Waals surface area contributed by atoms with Gasteiger partial charge in [0.15, 0.2) is 11.5 Å². The Balaban J connectivity index is 3.31. The number of rotatable bonds is 3. The molecule has 0 spiro atoms. The molecule has 0 fully saturated rings. The molecule has 0 saturated heterocycles. The van der Waals surface area contributed by atoms with Crippen molar-refractivity contribution in [3.8, 4) is 17.6 Å². The number of phenols is 1. The van der Waals surface area contributed by atoms with Crippen LogP contribution in [0.25, 0.3) is 0 Å². The third kappa shape index (κ3) is 2.20. The van der Waals surface area contributed by atoms with Gasteiger partial charge < -0.3 is 15.6 Å². The number of benzene rings is 1. The van der Waals surface area contributed by atoms with Crippen molar-refractivity contribution >= 4 is 0 Å². The Morgan fingerprint density at radius 3 is 2.73 bits per heavy atom. The van der Waals surface area contributed by atoms with Crippen LogP contribution in [0, 0.1) is 11.3 Å². The molecule has 0 aliphatic rings. The lowest BCUT2D eigenvalue weighted by Gasteiger charge is -2.14. The van der Waals surface area contributed by atoms with Crippen LogP contribution >= 0.6 is 0 Å². The van der Waals surface area contributed by atoms with Gasteiger partial charge in [-0.05, 0) is 12.5 Å². The number of hydrogen-bond donors (Lipinski definition) is 2. The lowest BCUT2D eigenvalue weighted by atomic mass is 10.0. The molecule has 0 aliphatic carbocycles. The second-order valence-corrected chi connectivity index (χ2v) is 3.24. The maximum atomic E-state index is 9.80. The van der Waals surface area contributed by atoms with Crippen molar-refractivity contribution in [2.75, 3.05) is 7.11 Å². The summed E-state index contributed by atoms with van der Waals surface area (Å²) in [6, 6.07) is 4.79. The molecule has 1 rings (SSSR count). The van der Waals surface area contributed by atoms with Crippen molar-refractivity contribution in [1.82, 2.24) is 0 Å². The van der Waals surface area contributed by atoms with Crippen LogP contribution in [0.15, 0.2) is 12.1 Å². The number of nitrogens with two attached hydrogens (primary N) is 1. The number of phenolic OH excluding ortho intramolecular Hbond substituents is 1. The van der Waals surface area contributed by atoms with Gasteiger partial charge in [0, 0.05) is 17.7 Å². The van der Waals surface area contributed by atoms with Crippen LogP contribution in [-0.4, -0.2) is 12.2 Å². The minimum atomic E-state index is -0.285. The van der Waals surface area contributed by atoms with E-state index in [0.29, 0.717) is 17.5 Å². The maximum absolute atomic E-state index is 9.80. The van der Waals surface area contributed by atoms with E-state index in [9.17, 15) is 5.11 Å². The molecule has 80 valence electrons. The predicted octanol–water partition coefficient (Wildman–Crippen LogP) is 1.68. The van der Waals surface area contributed by atoms with Gasteiger partial charge >= 0.3 is 0 Å². The van der Waals surface area contributed by atoms with E-state index in [-0.39, 0.29) is 17.5 Å². The second kappa shape index (κ2) is 4.67. The summed E-state index contributed by atoms with van der Waals surface area (Å²) in [5.74, 6) is 0.304. The Morgan fingerprint density at radius 1 is 1.60 bits per heavy atom. The van der Waals surface area contributed by atoms with Gasteiger partial charge in [-0.1, -0.05) is 6.92 Å². The van der Waals surface area contributed by atoms with Gasteiger partial charge in [-0.3, -0.25) is 0 Å². The standard InChI is InChI=1S/C11H14N2O2/c1-3-9(13)8-4-7(6-12)5-10(15-2)11(8)14/h4-5,9,14H,3,13H2,1-2H3/t9-/m1/s1. The average molecular weight is 206 g/mol. The quantitative estimate of drug-likeness (QED) is 0.788. The largest absolute Gasteiger partial charge is 0.504 e. The van der Waals surface area contributed by atoms with Gasteiger partial charge in [0.25, 0.3) is 0 Å². The van der Waals surface area contributed by atoms with Gasteiger partial charge in [0.05, 0.1) is 18.7 Å². The normalized spacial score (nSPS) is 11.9. The van der Waals surface area contributed by atoms with Crippen molar-refractivity contribution in [2.24, 2.45) is 5.73 Å². The summed E-state index contributed by atoms with van der Waals surface area (Å²) in [5.41, 5.74) is 6.80. The number of aromatic hydroxyl groups is 1. The molecule has 0 unspecified atom stereocenters. The van der Waals surface area contributed by atoms with Crippen molar-refractivity contribution in [1.29, 1.82) is 5.26 Å². The molecule has 0 saturated carbocycles.